The van der Waals surface area contributed by atoms with E-state index in [4.69, 9.17) is 0 Å². The zero-order valence-electron chi connectivity index (χ0n) is 12.6. The van der Waals surface area contributed by atoms with Crippen molar-refractivity contribution in [3.8, 4) is 0 Å². The fourth-order valence-corrected chi connectivity index (χ4v) is 2.60. The van der Waals surface area contributed by atoms with Crippen LogP contribution in [0, 0.1) is 5.41 Å². The molecule has 0 radical (unpaired) electrons. The summed E-state index contributed by atoms with van der Waals surface area (Å²) in [5.74, 6) is 0.825. The van der Waals surface area contributed by atoms with Gasteiger partial charge in [-0.15, -0.1) is 35.0 Å². The molecular weight excluding hydrogens is 325 g/mol. The number of pyridine rings is 1. The number of amides is 1. The number of hydrogen-bond donors (Lipinski definition) is 2. The third-order valence-electron chi connectivity index (χ3n) is 3.99. The second kappa shape index (κ2) is 7.26. The van der Waals surface area contributed by atoms with Gasteiger partial charge in [-0.3, -0.25) is 9.20 Å². The minimum absolute atomic E-state index is 0. The Morgan fingerprint density at radius 3 is 2.86 bits per heavy atom. The van der Waals surface area contributed by atoms with Crippen molar-refractivity contribution in [3.63, 3.8) is 0 Å². The Balaban J connectivity index is 0.00000121. The average Bonchev–Trinajstić information content (AvgIpc) is 3.05. The molecule has 0 aliphatic carbocycles. The molecule has 3 heterocycles. The standard InChI is InChI=1S/C14H19N5O.2ClH/c1-10(16-13(20)14(2)6-7-15-9-14)12-18-17-11-5-3-4-8-19(11)12;;/h3-5,8,10,15H,6-7,9H2,1-2H3,(H,16,20);2*1H. The number of aromatic nitrogens is 3. The van der Waals surface area contributed by atoms with Gasteiger partial charge in [-0.25, -0.2) is 0 Å². The molecule has 8 heteroatoms. The highest BCUT2D eigenvalue weighted by molar-refractivity contribution is 5.85. The van der Waals surface area contributed by atoms with Gasteiger partial charge >= 0.3 is 0 Å². The van der Waals surface area contributed by atoms with Crippen LogP contribution >= 0.6 is 24.8 Å². The summed E-state index contributed by atoms with van der Waals surface area (Å²) in [6.07, 6.45) is 2.78. The van der Waals surface area contributed by atoms with Crippen LogP contribution in [0.2, 0.25) is 0 Å². The molecule has 2 aromatic rings. The SMILES string of the molecule is CC(NC(=O)C1(C)CCNC1)c1nnc2ccccn12.Cl.Cl. The molecule has 0 saturated carbocycles. The Morgan fingerprint density at radius 1 is 1.41 bits per heavy atom. The zero-order chi connectivity index (χ0) is 14.2. The van der Waals surface area contributed by atoms with E-state index in [-0.39, 0.29) is 42.2 Å². The molecule has 22 heavy (non-hydrogen) atoms. The predicted molar refractivity (Wildman–Crippen MR) is 89.6 cm³/mol. The zero-order valence-corrected chi connectivity index (χ0v) is 14.2. The van der Waals surface area contributed by atoms with E-state index in [9.17, 15) is 4.79 Å². The van der Waals surface area contributed by atoms with E-state index < -0.39 is 0 Å². The lowest BCUT2D eigenvalue weighted by atomic mass is 9.88. The van der Waals surface area contributed by atoms with Crippen LogP contribution in [0.15, 0.2) is 24.4 Å². The number of halogens is 2. The van der Waals surface area contributed by atoms with Crippen molar-refractivity contribution in [1.29, 1.82) is 0 Å². The third-order valence-corrected chi connectivity index (χ3v) is 3.99. The topological polar surface area (TPSA) is 71.3 Å². The summed E-state index contributed by atoms with van der Waals surface area (Å²) in [7, 11) is 0. The van der Waals surface area contributed by atoms with Gasteiger partial charge in [-0.2, -0.15) is 0 Å². The number of carbonyl (C=O) groups excluding carboxylic acids is 1. The highest BCUT2D eigenvalue weighted by atomic mass is 35.5. The van der Waals surface area contributed by atoms with E-state index in [1.165, 1.54) is 0 Å². The van der Waals surface area contributed by atoms with Crippen LogP contribution < -0.4 is 10.6 Å². The van der Waals surface area contributed by atoms with Crippen molar-refractivity contribution in [2.45, 2.75) is 26.3 Å². The molecule has 0 spiro atoms. The normalized spacial score (nSPS) is 21.7. The number of fused-ring (bicyclic) bond motifs is 1. The molecule has 1 fully saturated rings. The van der Waals surface area contributed by atoms with Crippen molar-refractivity contribution in [3.05, 3.63) is 30.2 Å². The van der Waals surface area contributed by atoms with E-state index in [1.54, 1.807) is 0 Å². The van der Waals surface area contributed by atoms with E-state index >= 15 is 0 Å². The maximum absolute atomic E-state index is 12.4. The maximum atomic E-state index is 12.4. The lowest BCUT2D eigenvalue weighted by Crippen LogP contribution is -2.41. The van der Waals surface area contributed by atoms with Gasteiger partial charge in [0.25, 0.3) is 0 Å². The molecule has 122 valence electrons. The summed E-state index contributed by atoms with van der Waals surface area (Å²) in [6.45, 7) is 5.56. The predicted octanol–water partition coefficient (Wildman–Crippen LogP) is 1.75. The molecule has 1 aliphatic heterocycles. The van der Waals surface area contributed by atoms with Gasteiger partial charge in [0.1, 0.15) is 0 Å². The van der Waals surface area contributed by atoms with Gasteiger partial charge in [0, 0.05) is 12.7 Å². The molecule has 1 amide bonds. The Labute approximate surface area is 141 Å². The van der Waals surface area contributed by atoms with Crippen molar-refractivity contribution < 1.29 is 4.79 Å². The van der Waals surface area contributed by atoms with Gasteiger partial charge in [-0.1, -0.05) is 6.07 Å². The first-order chi connectivity index (χ1) is 9.60. The van der Waals surface area contributed by atoms with Crippen LogP contribution in [0.25, 0.3) is 5.65 Å². The number of nitrogens with zero attached hydrogens (tertiary/aromatic N) is 3. The van der Waals surface area contributed by atoms with Gasteiger partial charge in [-0.05, 0) is 38.9 Å². The Morgan fingerprint density at radius 2 is 2.18 bits per heavy atom. The number of carbonyl (C=O) groups is 1. The molecule has 0 aromatic carbocycles. The van der Waals surface area contributed by atoms with Crippen molar-refractivity contribution in [2.24, 2.45) is 5.41 Å². The van der Waals surface area contributed by atoms with Gasteiger partial charge in [0.15, 0.2) is 11.5 Å². The molecule has 1 aliphatic rings. The molecule has 1 saturated heterocycles. The first-order valence-electron chi connectivity index (χ1n) is 6.91. The molecule has 2 N–H and O–H groups in total. The molecule has 6 nitrogen and oxygen atoms in total. The van der Waals surface area contributed by atoms with E-state index in [0.717, 1.165) is 31.0 Å². The summed E-state index contributed by atoms with van der Waals surface area (Å²) in [5, 5.41) is 14.6. The van der Waals surface area contributed by atoms with Gasteiger partial charge in [0.2, 0.25) is 5.91 Å². The Kier molecular flexibility index (Phi) is 6.17. The third kappa shape index (κ3) is 3.34. The minimum Gasteiger partial charge on any atom is -0.346 e. The van der Waals surface area contributed by atoms with Crippen LogP contribution in [0.5, 0.6) is 0 Å². The van der Waals surface area contributed by atoms with Crippen LogP contribution in [0.3, 0.4) is 0 Å². The number of rotatable bonds is 3. The van der Waals surface area contributed by atoms with E-state index in [2.05, 4.69) is 20.8 Å². The van der Waals surface area contributed by atoms with Crippen molar-refractivity contribution in [1.82, 2.24) is 25.2 Å². The quantitative estimate of drug-likeness (QED) is 0.888. The van der Waals surface area contributed by atoms with E-state index in [1.807, 2.05) is 42.6 Å². The largest absolute Gasteiger partial charge is 0.346 e. The van der Waals surface area contributed by atoms with Gasteiger partial charge in [0.05, 0.1) is 11.5 Å². The average molecular weight is 346 g/mol. The summed E-state index contributed by atoms with van der Waals surface area (Å²) < 4.78 is 1.90. The minimum atomic E-state index is -0.325. The molecule has 3 rings (SSSR count). The molecule has 2 atom stereocenters. The van der Waals surface area contributed by atoms with Crippen LogP contribution in [-0.4, -0.2) is 33.6 Å². The van der Waals surface area contributed by atoms with Crippen molar-refractivity contribution >= 4 is 36.4 Å². The molecular formula is C14H21Cl2N5O. The summed E-state index contributed by atoms with van der Waals surface area (Å²) in [4.78, 5) is 12.4. The van der Waals surface area contributed by atoms with Crippen LogP contribution in [-0.2, 0) is 4.79 Å². The second-order valence-electron chi connectivity index (χ2n) is 5.67. The monoisotopic (exact) mass is 345 g/mol. The second-order valence-corrected chi connectivity index (χ2v) is 5.67. The fourth-order valence-electron chi connectivity index (χ4n) is 2.60. The molecule has 0 bridgehead atoms. The van der Waals surface area contributed by atoms with Crippen LogP contribution in [0.4, 0.5) is 0 Å². The highest BCUT2D eigenvalue weighted by Crippen LogP contribution is 2.25. The number of nitrogens with one attached hydrogen (secondary N) is 2. The lowest BCUT2D eigenvalue weighted by Gasteiger charge is -2.23. The molecule has 2 unspecified atom stereocenters. The van der Waals surface area contributed by atoms with E-state index in [0.29, 0.717) is 0 Å². The summed E-state index contributed by atoms with van der Waals surface area (Å²) in [6, 6.07) is 5.57. The first-order valence-corrected chi connectivity index (χ1v) is 6.91. The first kappa shape index (κ1) is 18.7. The summed E-state index contributed by atoms with van der Waals surface area (Å²) in [5.41, 5.74) is 0.465. The van der Waals surface area contributed by atoms with Crippen LogP contribution in [0.1, 0.15) is 32.1 Å². The van der Waals surface area contributed by atoms with Crippen molar-refractivity contribution in [2.75, 3.05) is 13.1 Å². The lowest BCUT2D eigenvalue weighted by molar-refractivity contribution is -0.130. The smallest absolute Gasteiger partial charge is 0.227 e. The fraction of sp³-hybridized carbons (Fsp3) is 0.500. The maximum Gasteiger partial charge on any atom is 0.227 e. The molecule has 2 aromatic heterocycles. The van der Waals surface area contributed by atoms with Gasteiger partial charge < -0.3 is 10.6 Å². The highest BCUT2D eigenvalue weighted by Gasteiger charge is 2.37. The number of hydrogen-bond acceptors (Lipinski definition) is 4. The summed E-state index contributed by atoms with van der Waals surface area (Å²) >= 11 is 0. The Bertz CT molecular complexity index is 639. The Hall–Kier alpha value is -1.37.